The molecule has 1 rings (SSSR count). The second-order valence-corrected chi connectivity index (χ2v) is 5.36. The molecule has 0 spiro atoms. The highest BCUT2D eigenvalue weighted by Gasteiger charge is 2.32. The molecule has 0 amide bonds. The van der Waals surface area contributed by atoms with Gasteiger partial charge in [-0.3, -0.25) is 4.79 Å². The fraction of sp³-hybridized carbons (Fsp3) is 0.929. The van der Waals surface area contributed by atoms with Crippen LogP contribution in [-0.2, 0) is 9.53 Å². The topological polar surface area (TPSA) is 41.6 Å². The number of carbonyl (C=O) groups is 1. The Bertz CT molecular complexity index is 252. The van der Waals surface area contributed by atoms with Gasteiger partial charge in [-0.25, -0.2) is 0 Å². The third-order valence-electron chi connectivity index (χ3n) is 3.80. The van der Waals surface area contributed by atoms with Crippen molar-refractivity contribution in [3.8, 4) is 0 Å². The molecule has 106 valence electrons. The fourth-order valence-electron chi connectivity index (χ4n) is 2.72. The van der Waals surface area contributed by atoms with Crippen molar-refractivity contribution >= 4 is 5.97 Å². The lowest BCUT2D eigenvalue weighted by Gasteiger charge is -2.30. The molecule has 1 aliphatic heterocycles. The summed E-state index contributed by atoms with van der Waals surface area (Å²) in [5.74, 6) is -0.150. The van der Waals surface area contributed by atoms with Gasteiger partial charge in [0.05, 0.1) is 7.11 Å². The highest BCUT2D eigenvalue weighted by Crippen LogP contribution is 2.16. The van der Waals surface area contributed by atoms with Crippen molar-refractivity contribution in [2.45, 2.75) is 51.5 Å². The molecule has 0 aliphatic carbocycles. The third kappa shape index (κ3) is 4.58. The Morgan fingerprint density at radius 3 is 2.56 bits per heavy atom. The molecular weight excluding hydrogens is 228 g/mol. The molecular formula is C14H28N2O2. The van der Waals surface area contributed by atoms with E-state index >= 15 is 0 Å². The van der Waals surface area contributed by atoms with E-state index in [2.05, 4.69) is 10.2 Å². The molecule has 4 heteroatoms. The van der Waals surface area contributed by atoms with Crippen molar-refractivity contribution in [1.82, 2.24) is 10.2 Å². The zero-order valence-electron chi connectivity index (χ0n) is 12.1. The van der Waals surface area contributed by atoms with Crippen molar-refractivity contribution in [3.05, 3.63) is 0 Å². The number of likely N-dealkylation sites (N-methyl/N-ethyl adjacent to an activating group) is 1. The highest BCUT2D eigenvalue weighted by atomic mass is 16.5. The molecule has 18 heavy (non-hydrogen) atoms. The van der Waals surface area contributed by atoms with Crippen LogP contribution in [0.1, 0.15) is 46.0 Å². The number of esters is 1. The van der Waals surface area contributed by atoms with Crippen LogP contribution < -0.4 is 5.32 Å². The van der Waals surface area contributed by atoms with E-state index in [1.807, 2.05) is 13.8 Å². The summed E-state index contributed by atoms with van der Waals surface area (Å²) in [5, 5.41) is 3.25. The normalized spacial score (nSPS) is 20.4. The van der Waals surface area contributed by atoms with Crippen molar-refractivity contribution in [3.63, 3.8) is 0 Å². The number of hydrogen-bond donors (Lipinski definition) is 1. The van der Waals surface area contributed by atoms with Crippen LogP contribution in [0.5, 0.6) is 0 Å². The van der Waals surface area contributed by atoms with Gasteiger partial charge in [0.1, 0.15) is 5.54 Å². The Morgan fingerprint density at radius 2 is 2.00 bits per heavy atom. The van der Waals surface area contributed by atoms with Crippen molar-refractivity contribution in [1.29, 1.82) is 0 Å². The number of carbonyl (C=O) groups excluding carboxylic acids is 1. The minimum Gasteiger partial charge on any atom is -0.468 e. The smallest absolute Gasteiger partial charge is 0.325 e. The van der Waals surface area contributed by atoms with Crippen LogP contribution in [0.2, 0.25) is 0 Å². The van der Waals surface area contributed by atoms with E-state index in [9.17, 15) is 4.79 Å². The van der Waals surface area contributed by atoms with Gasteiger partial charge in [-0.15, -0.1) is 0 Å². The Kier molecular flexibility index (Phi) is 6.65. The molecule has 1 heterocycles. The number of methoxy groups -OCH3 is 1. The molecule has 1 saturated heterocycles. The number of ether oxygens (including phenoxy) is 1. The summed E-state index contributed by atoms with van der Waals surface area (Å²) in [7, 11) is 1.46. The van der Waals surface area contributed by atoms with E-state index in [1.165, 1.54) is 39.5 Å². The molecule has 0 aromatic heterocycles. The van der Waals surface area contributed by atoms with Gasteiger partial charge in [0.25, 0.3) is 0 Å². The molecule has 4 nitrogen and oxygen atoms in total. The zero-order chi connectivity index (χ0) is 13.4. The minimum absolute atomic E-state index is 0.150. The molecule has 1 atom stereocenters. The minimum atomic E-state index is -0.528. The maximum Gasteiger partial charge on any atom is 0.325 e. The number of nitrogens with one attached hydrogen (secondary N) is 1. The molecule has 0 radical (unpaired) electrons. The average molecular weight is 256 g/mol. The summed E-state index contributed by atoms with van der Waals surface area (Å²) in [5.41, 5.74) is -0.528. The van der Waals surface area contributed by atoms with Gasteiger partial charge >= 0.3 is 5.97 Å². The van der Waals surface area contributed by atoms with Crippen LogP contribution >= 0.6 is 0 Å². The molecule has 0 bridgehead atoms. The van der Waals surface area contributed by atoms with Gasteiger partial charge in [-0.05, 0) is 58.8 Å². The first kappa shape index (κ1) is 15.4. The summed E-state index contributed by atoms with van der Waals surface area (Å²) in [6, 6.07) is 0. The lowest BCUT2D eigenvalue weighted by atomic mass is 9.95. The Balaban J connectivity index is 2.34. The molecule has 1 aliphatic rings. The van der Waals surface area contributed by atoms with E-state index in [0.717, 1.165) is 25.9 Å². The van der Waals surface area contributed by atoms with Crippen LogP contribution in [0.15, 0.2) is 0 Å². The van der Waals surface area contributed by atoms with Gasteiger partial charge in [-0.2, -0.15) is 0 Å². The molecule has 0 aromatic carbocycles. The largest absolute Gasteiger partial charge is 0.468 e. The first-order chi connectivity index (χ1) is 8.62. The standard InChI is InChI=1S/C14H28N2O2/c1-4-15-14(2,13(17)18-3)9-8-12-16-10-6-5-7-11-16/h15H,4-12H2,1-3H3. The molecule has 0 aromatic rings. The molecule has 1 fully saturated rings. The maximum atomic E-state index is 11.8. The predicted octanol–water partition coefficient (Wildman–Crippen LogP) is 1.79. The summed E-state index contributed by atoms with van der Waals surface area (Å²) < 4.78 is 4.90. The summed E-state index contributed by atoms with van der Waals surface area (Å²) in [4.78, 5) is 14.3. The van der Waals surface area contributed by atoms with E-state index < -0.39 is 5.54 Å². The lowest BCUT2D eigenvalue weighted by molar-refractivity contribution is -0.148. The number of hydrogen-bond acceptors (Lipinski definition) is 4. The first-order valence-corrected chi connectivity index (χ1v) is 7.18. The van der Waals surface area contributed by atoms with Crippen molar-refractivity contribution < 1.29 is 9.53 Å². The summed E-state index contributed by atoms with van der Waals surface area (Å²) >= 11 is 0. The maximum absolute atomic E-state index is 11.8. The molecule has 1 unspecified atom stereocenters. The number of likely N-dealkylation sites (tertiary alicyclic amines) is 1. The van der Waals surface area contributed by atoms with Gasteiger partial charge in [0.15, 0.2) is 0 Å². The third-order valence-corrected chi connectivity index (χ3v) is 3.80. The van der Waals surface area contributed by atoms with Crippen molar-refractivity contribution in [2.75, 3.05) is 33.3 Å². The van der Waals surface area contributed by atoms with Gasteiger partial charge in [0, 0.05) is 0 Å². The van der Waals surface area contributed by atoms with Crippen LogP contribution in [0.3, 0.4) is 0 Å². The number of piperidine rings is 1. The highest BCUT2D eigenvalue weighted by molar-refractivity contribution is 5.80. The van der Waals surface area contributed by atoms with Crippen molar-refractivity contribution in [2.24, 2.45) is 0 Å². The van der Waals surface area contributed by atoms with Gasteiger partial charge in [-0.1, -0.05) is 13.3 Å². The summed E-state index contributed by atoms with van der Waals surface area (Å²) in [6.45, 7) is 8.28. The number of rotatable bonds is 7. The van der Waals surface area contributed by atoms with Crippen LogP contribution in [-0.4, -0.2) is 49.7 Å². The zero-order valence-corrected chi connectivity index (χ0v) is 12.1. The molecule has 0 saturated carbocycles. The van der Waals surface area contributed by atoms with Crippen LogP contribution in [0.25, 0.3) is 0 Å². The van der Waals surface area contributed by atoms with E-state index in [0.29, 0.717) is 0 Å². The van der Waals surface area contributed by atoms with Crippen LogP contribution in [0, 0.1) is 0 Å². The Hall–Kier alpha value is -0.610. The van der Waals surface area contributed by atoms with E-state index in [4.69, 9.17) is 4.74 Å². The second-order valence-electron chi connectivity index (χ2n) is 5.36. The number of nitrogens with zero attached hydrogens (tertiary/aromatic N) is 1. The predicted molar refractivity (Wildman–Crippen MR) is 73.6 cm³/mol. The summed E-state index contributed by atoms with van der Waals surface area (Å²) in [6.07, 6.45) is 5.89. The second kappa shape index (κ2) is 7.74. The Morgan fingerprint density at radius 1 is 1.33 bits per heavy atom. The molecule has 1 N–H and O–H groups in total. The fourth-order valence-corrected chi connectivity index (χ4v) is 2.72. The SMILES string of the molecule is CCNC(C)(CCCN1CCCCC1)C(=O)OC. The monoisotopic (exact) mass is 256 g/mol. The lowest BCUT2D eigenvalue weighted by Crippen LogP contribution is -2.50. The Labute approximate surface area is 111 Å². The van der Waals surface area contributed by atoms with Gasteiger partial charge in [0.2, 0.25) is 0 Å². The quantitative estimate of drug-likeness (QED) is 0.705. The van der Waals surface area contributed by atoms with Crippen LogP contribution in [0.4, 0.5) is 0 Å². The van der Waals surface area contributed by atoms with E-state index in [1.54, 1.807) is 0 Å². The average Bonchev–Trinajstić information content (AvgIpc) is 2.39. The van der Waals surface area contributed by atoms with Gasteiger partial charge < -0.3 is 15.0 Å². The van der Waals surface area contributed by atoms with E-state index in [-0.39, 0.29) is 5.97 Å². The first-order valence-electron chi connectivity index (χ1n) is 7.18.